The third-order valence-corrected chi connectivity index (χ3v) is 1.70. The summed E-state index contributed by atoms with van der Waals surface area (Å²) in [5.41, 5.74) is 0. The lowest BCUT2D eigenvalue weighted by Crippen LogP contribution is -1.98. The van der Waals surface area contributed by atoms with Crippen LogP contribution in [0.5, 0.6) is 0 Å². The summed E-state index contributed by atoms with van der Waals surface area (Å²) in [6.07, 6.45) is 1.72. The van der Waals surface area contributed by atoms with Crippen molar-refractivity contribution in [2.45, 2.75) is 6.92 Å². The highest BCUT2D eigenvalue weighted by Crippen LogP contribution is 1.91. The molecule has 48 valence electrons. The summed E-state index contributed by atoms with van der Waals surface area (Å²) in [4.78, 5) is 4.04. The average Bonchev–Trinajstić information content (AvgIpc) is 1.83. The van der Waals surface area contributed by atoms with E-state index in [0.29, 0.717) is 0 Å². The summed E-state index contributed by atoms with van der Waals surface area (Å²) in [5, 5.41) is 0. The van der Waals surface area contributed by atoms with E-state index < -0.39 is 0 Å². The van der Waals surface area contributed by atoms with Crippen molar-refractivity contribution in [1.82, 2.24) is 9.55 Å². The van der Waals surface area contributed by atoms with E-state index in [0.717, 1.165) is 10.5 Å². The van der Waals surface area contributed by atoms with Gasteiger partial charge in [-0.2, -0.15) is 0 Å². The van der Waals surface area contributed by atoms with Crippen molar-refractivity contribution in [2.24, 2.45) is 7.05 Å². The van der Waals surface area contributed by atoms with Crippen LogP contribution in [0.15, 0.2) is 12.3 Å². The second-order valence-electron chi connectivity index (χ2n) is 1.89. The zero-order valence-electron chi connectivity index (χ0n) is 5.46. The van der Waals surface area contributed by atoms with Crippen molar-refractivity contribution in [3.05, 3.63) is 22.7 Å². The Morgan fingerprint density at radius 1 is 1.67 bits per heavy atom. The first-order valence-electron chi connectivity index (χ1n) is 2.70. The van der Waals surface area contributed by atoms with Gasteiger partial charge in [0.15, 0.2) is 0 Å². The highest BCUT2D eigenvalue weighted by Gasteiger charge is 1.87. The molecule has 0 radical (unpaired) electrons. The van der Waals surface area contributed by atoms with Crippen LogP contribution in [0.25, 0.3) is 0 Å². The molecule has 0 N–H and O–H groups in total. The number of hydrogen-bond donors (Lipinski definition) is 0. The predicted octanol–water partition coefficient (Wildman–Crippen LogP) is 1.46. The lowest BCUT2D eigenvalue weighted by atomic mass is 10.6. The fourth-order valence-electron chi connectivity index (χ4n) is 0.567. The Hall–Kier alpha value is -0.700. The van der Waals surface area contributed by atoms with Gasteiger partial charge < -0.3 is 4.57 Å². The molecular formula is C6H8N2S. The standard InChI is InChI=1S/C6H8N2S/c1-5-7-4-3-6(9)8(5)2/h3-4H,1-2H3. The maximum atomic E-state index is 4.96. The van der Waals surface area contributed by atoms with Crippen LogP contribution in [0.1, 0.15) is 5.82 Å². The van der Waals surface area contributed by atoms with E-state index in [-0.39, 0.29) is 0 Å². The Bertz CT molecular complexity index is 264. The van der Waals surface area contributed by atoms with E-state index in [2.05, 4.69) is 4.98 Å². The molecule has 1 heterocycles. The summed E-state index contributed by atoms with van der Waals surface area (Å²) >= 11 is 4.96. The minimum absolute atomic E-state index is 0.822. The quantitative estimate of drug-likeness (QED) is 0.508. The van der Waals surface area contributed by atoms with E-state index >= 15 is 0 Å². The Kier molecular flexibility index (Phi) is 1.62. The SMILES string of the molecule is Cc1nccc(=S)n1C. The zero-order chi connectivity index (χ0) is 6.85. The van der Waals surface area contributed by atoms with Crippen LogP contribution < -0.4 is 0 Å². The molecule has 1 aromatic heterocycles. The second kappa shape index (κ2) is 2.27. The molecule has 0 amide bonds. The van der Waals surface area contributed by atoms with E-state index in [9.17, 15) is 0 Å². The molecule has 1 rings (SSSR count). The van der Waals surface area contributed by atoms with Gasteiger partial charge in [-0.25, -0.2) is 4.98 Å². The third-order valence-electron chi connectivity index (χ3n) is 1.29. The highest BCUT2D eigenvalue weighted by atomic mass is 32.1. The summed E-state index contributed by atoms with van der Waals surface area (Å²) in [6.45, 7) is 1.93. The first kappa shape index (κ1) is 6.42. The molecule has 0 aromatic carbocycles. The predicted molar refractivity (Wildman–Crippen MR) is 38.8 cm³/mol. The minimum Gasteiger partial charge on any atom is -0.324 e. The van der Waals surface area contributed by atoms with Crippen LogP contribution in [-0.2, 0) is 7.05 Å². The second-order valence-corrected chi connectivity index (χ2v) is 2.31. The maximum Gasteiger partial charge on any atom is 0.108 e. The van der Waals surface area contributed by atoms with E-state index in [4.69, 9.17) is 12.2 Å². The molecule has 0 spiro atoms. The summed E-state index contributed by atoms with van der Waals surface area (Å²) in [6, 6.07) is 1.81. The Balaban J connectivity index is 3.43. The molecule has 9 heavy (non-hydrogen) atoms. The normalized spacial score (nSPS) is 9.56. The molecule has 0 saturated carbocycles. The number of hydrogen-bond acceptors (Lipinski definition) is 2. The van der Waals surface area contributed by atoms with Crippen LogP contribution in [0.2, 0.25) is 0 Å². The van der Waals surface area contributed by atoms with Crippen molar-refractivity contribution in [3.8, 4) is 0 Å². The van der Waals surface area contributed by atoms with Crippen molar-refractivity contribution in [3.63, 3.8) is 0 Å². The first-order chi connectivity index (χ1) is 4.22. The van der Waals surface area contributed by atoms with Crippen LogP contribution in [-0.4, -0.2) is 9.55 Å². The molecule has 0 fully saturated rings. The zero-order valence-corrected chi connectivity index (χ0v) is 6.27. The summed E-state index contributed by atoms with van der Waals surface area (Å²) < 4.78 is 2.69. The Labute approximate surface area is 59.2 Å². The van der Waals surface area contributed by atoms with Gasteiger partial charge in [0.05, 0.1) is 0 Å². The largest absolute Gasteiger partial charge is 0.324 e. The van der Waals surface area contributed by atoms with Gasteiger partial charge in [-0.05, 0) is 13.0 Å². The van der Waals surface area contributed by atoms with Crippen LogP contribution in [0.4, 0.5) is 0 Å². The number of aromatic nitrogens is 2. The third kappa shape index (κ3) is 1.16. The monoisotopic (exact) mass is 140 g/mol. The van der Waals surface area contributed by atoms with Crippen molar-refractivity contribution in [2.75, 3.05) is 0 Å². The van der Waals surface area contributed by atoms with Crippen LogP contribution >= 0.6 is 12.2 Å². The molecule has 0 saturated heterocycles. The fraction of sp³-hybridized carbons (Fsp3) is 0.333. The first-order valence-corrected chi connectivity index (χ1v) is 3.11. The van der Waals surface area contributed by atoms with Gasteiger partial charge in [0, 0.05) is 13.2 Å². The molecule has 0 aliphatic carbocycles. The molecule has 2 nitrogen and oxygen atoms in total. The minimum atomic E-state index is 0.822. The van der Waals surface area contributed by atoms with Gasteiger partial charge in [-0.1, -0.05) is 12.2 Å². The molecule has 0 aliphatic rings. The molecular weight excluding hydrogens is 132 g/mol. The molecule has 1 aromatic rings. The average molecular weight is 140 g/mol. The molecule has 0 atom stereocenters. The lowest BCUT2D eigenvalue weighted by Gasteiger charge is -1.99. The van der Waals surface area contributed by atoms with Crippen molar-refractivity contribution >= 4 is 12.2 Å². The summed E-state index contributed by atoms with van der Waals surface area (Å²) in [7, 11) is 1.91. The van der Waals surface area contributed by atoms with Crippen LogP contribution in [0, 0.1) is 11.6 Å². The smallest absolute Gasteiger partial charge is 0.108 e. The van der Waals surface area contributed by atoms with E-state index in [1.807, 2.05) is 24.6 Å². The molecule has 3 heteroatoms. The Morgan fingerprint density at radius 3 is 2.78 bits per heavy atom. The van der Waals surface area contributed by atoms with Crippen LogP contribution in [0.3, 0.4) is 0 Å². The van der Waals surface area contributed by atoms with E-state index in [1.165, 1.54) is 0 Å². The van der Waals surface area contributed by atoms with Gasteiger partial charge in [0.1, 0.15) is 10.5 Å². The molecule has 0 bridgehead atoms. The lowest BCUT2D eigenvalue weighted by molar-refractivity contribution is 0.795. The topological polar surface area (TPSA) is 17.8 Å². The highest BCUT2D eigenvalue weighted by molar-refractivity contribution is 7.71. The van der Waals surface area contributed by atoms with Gasteiger partial charge in [0.25, 0.3) is 0 Å². The maximum absolute atomic E-state index is 4.96. The fourth-order valence-corrected chi connectivity index (χ4v) is 0.760. The Morgan fingerprint density at radius 2 is 2.33 bits per heavy atom. The van der Waals surface area contributed by atoms with Gasteiger partial charge in [-0.3, -0.25) is 0 Å². The number of rotatable bonds is 0. The van der Waals surface area contributed by atoms with E-state index in [1.54, 1.807) is 6.20 Å². The molecule has 0 unspecified atom stereocenters. The number of aryl methyl sites for hydroxylation is 1. The van der Waals surface area contributed by atoms with Gasteiger partial charge in [0.2, 0.25) is 0 Å². The van der Waals surface area contributed by atoms with Crippen molar-refractivity contribution in [1.29, 1.82) is 0 Å². The van der Waals surface area contributed by atoms with Gasteiger partial charge >= 0.3 is 0 Å². The molecule has 0 aliphatic heterocycles. The van der Waals surface area contributed by atoms with Crippen molar-refractivity contribution < 1.29 is 0 Å². The summed E-state index contributed by atoms with van der Waals surface area (Å²) in [5.74, 6) is 0.947. The van der Waals surface area contributed by atoms with Gasteiger partial charge in [-0.15, -0.1) is 0 Å². The number of nitrogens with zero attached hydrogens (tertiary/aromatic N) is 2.